The van der Waals surface area contributed by atoms with Crippen LogP contribution in [0.5, 0.6) is 0 Å². The van der Waals surface area contributed by atoms with Crippen molar-refractivity contribution in [2.75, 3.05) is 12.8 Å². The second-order valence-corrected chi connectivity index (χ2v) is 6.30. The Labute approximate surface area is 148 Å². The van der Waals surface area contributed by atoms with E-state index in [9.17, 15) is 9.18 Å². The topological polar surface area (TPSA) is 59.2 Å². The Balaban J connectivity index is 1.55. The van der Waals surface area contributed by atoms with Crippen LogP contribution < -0.4 is 0 Å². The third kappa shape index (κ3) is 4.45. The Morgan fingerprint density at radius 2 is 1.84 bits per heavy atom. The molecule has 0 aliphatic carbocycles. The highest BCUT2D eigenvalue weighted by molar-refractivity contribution is 7.99. The first-order chi connectivity index (χ1) is 12.1. The normalized spacial score (nSPS) is 10.6. The largest absolute Gasteiger partial charge is 0.411 e. The molecule has 0 fully saturated rings. The Hall–Kier alpha value is -2.67. The molecule has 1 heterocycles. The average molecular weight is 357 g/mol. The summed E-state index contributed by atoms with van der Waals surface area (Å²) < 4.78 is 19.2. The van der Waals surface area contributed by atoms with E-state index in [1.165, 1.54) is 11.0 Å². The van der Waals surface area contributed by atoms with Crippen molar-refractivity contribution in [1.82, 2.24) is 15.1 Å². The number of halogens is 1. The Morgan fingerprint density at radius 3 is 2.60 bits per heavy atom. The molecule has 0 radical (unpaired) electrons. The van der Waals surface area contributed by atoms with E-state index < -0.39 is 0 Å². The maximum absolute atomic E-state index is 13.7. The summed E-state index contributed by atoms with van der Waals surface area (Å²) in [5.41, 5.74) is 1.30. The van der Waals surface area contributed by atoms with Crippen LogP contribution in [0.4, 0.5) is 4.39 Å². The van der Waals surface area contributed by atoms with Gasteiger partial charge in [0.1, 0.15) is 5.82 Å². The Kier molecular flexibility index (Phi) is 5.45. The van der Waals surface area contributed by atoms with E-state index >= 15 is 0 Å². The van der Waals surface area contributed by atoms with E-state index in [0.717, 1.165) is 17.3 Å². The molecular weight excluding hydrogens is 341 g/mol. The molecule has 3 aromatic rings. The molecule has 0 saturated heterocycles. The molecule has 1 aromatic heterocycles. The maximum Gasteiger partial charge on any atom is 0.277 e. The van der Waals surface area contributed by atoms with Gasteiger partial charge < -0.3 is 9.32 Å². The second kappa shape index (κ2) is 7.94. The minimum absolute atomic E-state index is 0.140. The molecule has 0 saturated carbocycles. The molecule has 0 aliphatic rings. The van der Waals surface area contributed by atoms with Crippen LogP contribution in [0.1, 0.15) is 5.56 Å². The van der Waals surface area contributed by atoms with Gasteiger partial charge in [0.2, 0.25) is 11.8 Å². The summed E-state index contributed by atoms with van der Waals surface area (Å²) in [6, 6.07) is 15.8. The number of amides is 1. The summed E-state index contributed by atoms with van der Waals surface area (Å²) in [5, 5.41) is 8.24. The SMILES string of the molecule is CN(Cc1ccccc1F)C(=O)CSc1nnc(-c2ccccc2)o1. The second-order valence-electron chi connectivity index (χ2n) is 5.37. The van der Waals surface area contributed by atoms with E-state index in [2.05, 4.69) is 10.2 Å². The third-order valence-corrected chi connectivity index (χ3v) is 4.34. The van der Waals surface area contributed by atoms with Gasteiger partial charge in [-0.05, 0) is 18.2 Å². The van der Waals surface area contributed by atoms with Crippen LogP contribution in [-0.4, -0.2) is 33.8 Å². The first-order valence-electron chi connectivity index (χ1n) is 7.62. The molecule has 7 heteroatoms. The van der Waals surface area contributed by atoms with E-state index in [4.69, 9.17) is 4.42 Å². The van der Waals surface area contributed by atoms with Gasteiger partial charge in [-0.25, -0.2) is 4.39 Å². The lowest BCUT2D eigenvalue weighted by atomic mass is 10.2. The summed E-state index contributed by atoms with van der Waals surface area (Å²) in [7, 11) is 1.64. The lowest BCUT2D eigenvalue weighted by Crippen LogP contribution is -2.28. The number of benzene rings is 2. The number of carbonyl (C=O) groups excluding carboxylic acids is 1. The first kappa shape index (κ1) is 17.2. The van der Waals surface area contributed by atoms with Crippen LogP contribution in [0.3, 0.4) is 0 Å². The lowest BCUT2D eigenvalue weighted by molar-refractivity contribution is -0.127. The van der Waals surface area contributed by atoms with Crippen molar-refractivity contribution < 1.29 is 13.6 Å². The molecule has 0 aliphatic heterocycles. The Morgan fingerprint density at radius 1 is 1.12 bits per heavy atom. The summed E-state index contributed by atoms with van der Waals surface area (Å²) in [6.45, 7) is 0.213. The molecule has 0 bridgehead atoms. The van der Waals surface area contributed by atoms with E-state index in [0.29, 0.717) is 16.7 Å². The quantitative estimate of drug-likeness (QED) is 0.631. The van der Waals surface area contributed by atoms with Gasteiger partial charge in [-0.3, -0.25) is 4.79 Å². The highest BCUT2D eigenvalue weighted by atomic mass is 32.2. The standard InChI is InChI=1S/C18H16FN3O2S/c1-22(11-14-9-5-6-10-15(14)19)16(23)12-25-18-21-20-17(24-18)13-7-3-2-4-8-13/h2-10H,11-12H2,1H3. The molecule has 0 atom stereocenters. The first-order valence-corrected chi connectivity index (χ1v) is 8.61. The van der Waals surface area contributed by atoms with Crippen LogP contribution >= 0.6 is 11.8 Å². The number of rotatable bonds is 6. The van der Waals surface area contributed by atoms with Crippen molar-refractivity contribution in [3.63, 3.8) is 0 Å². The molecule has 5 nitrogen and oxygen atoms in total. The van der Waals surface area contributed by atoms with Crippen molar-refractivity contribution in [1.29, 1.82) is 0 Å². The van der Waals surface area contributed by atoms with E-state index in [1.54, 1.807) is 25.2 Å². The number of hydrogen-bond donors (Lipinski definition) is 0. The van der Waals surface area contributed by atoms with Gasteiger partial charge in [0.15, 0.2) is 0 Å². The predicted octanol–water partition coefficient (Wildman–Crippen LogP) is 3.63. The van der Waals surface area contributed by atoms with Gasteiger partial charge in [-0.2, -0.15) is 0 Å². The number of hydrogen-bond acceptors (Lipinski definition) is 5. The summed E-state index contributed by atoms with van der Waals surface area (Å²) in [4.78, 5) is 13.7. The van der Waals surface area contributed by atoms with Crippen LogP contribution in [0.2, 0.25) is 0 Å². The third-order valence-electron chi connectivity index (χ3n) is 3.54. The van der Waals surface area contributed by atoms with Gasteiger partial charge in [-0.1, -0.05) is 48.2 Å². The van der Waals surface area contributed by atoms with E-state index in [-0.39, 0.29) is 24.0 Å². The molecule has 0 spiro atoms. The number of aromatic nitrogens is 2. The zero-order valence-corrected chi connectivity index (χ0v) is 14.4. The van der Waals surface area contributed by atoms with Crippen molar-refractivity contribution in [3.8, 4) is 11.5 Å². The van der Waals surface area contributed by atoms with Gasteiger partial charge in [0.25, 0.3) is 5.22 Å². The maximum atomic E-state index is 13.7. The van der Waals surface area contributed by atoms with Crippen LogP contribution in [0, 0.1) is 5.82 Å². The van der Waals surface area contributed by atoms with E-state index in [1.807, 2.05) is 30.3 Å². The summed E-state index contributed by atoms with van der Waals surface area (Å²) in [6.07, 6.45) is 0. The minimum Gasteiger partial charge on any atom is -0.411 e. The zero-order chi connectivity index (χ0) is 17.6. The highest BCUT2D eigenvalue weighted by Gasteiger charge is 2.15. The number of nitrogens with zero attached hydrogens (tertiary/aromatic N) is 3. The van der Waals surface area contributed by atoms with Crippen LogP contribution in [-0.2, 0) is 11.3 Å². The van der Waals surface area contributed by atoms with Crippen molar-refractivity contribution >= 4 is 17.7 Å². The number of carbonyl (C=O) groups is 1. The fourth-order valence-electron chi connectivity index (χ4n) is 2.17. The summed E-state index contributed by atoms with van der Waals surface area (Å²) >= 11 is 1.16. The van der Waals surface area contributed by atoms with Crippen LogP contribution in [0.25, 0.3) is 11.5 Å². The average Bonchev–Trinajstić information content (AvgIpc) is 3.11. The van der Waals surface area contributed by atoms with Crippen molar-refractivity contribution in [2.24, 2.45) is 0 Å². The monoisotopic (exact) mass is 357 g/mol. The molecule has 1 amide bonds. The van der Waals surface area contributed by atoms with Crippen molar-refractivity contribution in [2.45, 2.75) is 11.8 Å². The van der Waals surface area contributed by atoms with Crippen molar-refractivity contribution in [3.05, 3.63) is 66.0 Å². The molecule has 3 rings (SSSR count). The fraction of sp³-hybridized carbons (Fsp3) is 0.167. The minimum atomic E-state index is -0.320. The molecule has 0 N–H and O–H groups in total. The lowest BCUT2D eigenvalue weighted by Gasteiger charge is -2.16. The van der Waals surface area contributed by atoms with Crippen LogP contribution in [0.15, 0.2) is 64.2 Å². The highest BCUT2D eigenvalue weighted by Crippen LogP contribution is 2.23. The van der Waals surface area contributed by atoms with Gasteiger partial charge in [0, 0.05) is 24.7 Å². The summed E-state index contributed by atoms with van der Waals surface area (Å²) in [5.74, 6) is 0.0867. The zero-order valence-electron chi connectivity index (χ0n) is 13.6. The molecular formula is C18H16FN3O2S. The number of thioether (sulfide) groups is 1. The predicted molar refractivity (Wildman–Crippen MR) is 93.3 cm³/mol. The Bertz CT molecular complexity index is 854. The molecule has 128 valence electrons. The molecule has 2 aromatic carbocycles. The fourth-order valence-corrected chi connectivity index (χ4v) is 2.87. The van der Waals surface area contributed by atoms with Gasteiger partial charge in [0.05, 0.1) is 5.75 Å². The molecule has 0 unspecified atom stereocenters. The molecule has 25 heavy (non-hydrogen) atoms. The van der Waals surface area contributed by atoms with Gasteiger partial charge in [-0.15, -0.1) is 10.2 Å². The van der Waals surface area contributed by atoms with Gasteiger partial charge >= 0.3 is 0 Å². The smallest absolute Gasteiger partial charge is 0.277 e.